The van der Waals surface area contributed by atoms with Gasteiger partial charge in [0.2, 0.25) is 5.69 Å². The fourth-order valence-electron chi connectivity index (χ4n) is 5.31. The van der Waals surface area contributed by atoms with E-state index in [1.165, 1.54) is 51.3 Å². The highest BCUT2D eigenvalue weighted by atomic mass is 19.4. The number of halogens is 3. The van der Waals surface area contributed by atoms with E-state index in [9.17, 15) is 42.3 Å². The van der Waals surface area contributed by atoms with Gasteiger partial charge in [-0.1, -0.05) is 6.07 Å². The van der Waals surface area contributed by atoms with Gasteiger partial charge in [0, 0.05) is 30.2 Å². The maximum Gasteiger partial charge on any atom is 0.420 e. The minimum Gasteiger partial charge on any atom is -0.443 e. The van der Waals surface area contributed by atoms with Crippen LogP contribution in [-0.4, -0.2) is 96.2 Å². The third kappa shape index (κ3) is 10.2. The van der Waals surface area contributed by atoms with Crippen LogP contribution in [0.15, 0.2) is 36.4 Å². The summed E-state index contributed by atoms with van der Waals surface area (Å²) in [7, 11) is 0. The van der Waals surface area contributed by atoms with Crippen molar-refractivity contribution in [1.29, 1.82) is 0 Å². The Bertz CT molecular complexity index is 1770. The van der Waals surface area contributed by atoms with Crippen LogP contribution in [0.1, 0.15) is 52.7 Å². The number of rotatable bonds is 7. The van der Waals surface area contributed by atoms with Crippen molar-refractivity contribution in [1.82, 2.24) is 4.90 Å². The van der Waals surface area contributed by atoms with Gasteiger partial charge < -0.3 is 39.2 Å². The molecule has 2 N–H and O–H groups in total. The van der Waals surface area contributed by atoms with E-state index >= 15 is 0 Å². The summed E-state index contributed by atoms with van der Waals surface area (Å²) in [6.07, 6.45) is -11.7. The molecule has 0 aromatic heterocycles. The molecule has 4 rings (SSSR count). The molecule has 0 aliphatic carbocycles. The van der Waals surface area contributed by atoms with Gasteiger partial charge in [-0.2, -0.15) is 13.2 Å². The maximum absolute atomic E-state index is 14.3. The highest BCUT2D eigenvalue weighted by Crippen LogP contribution is 2.41. The van der Waals surface area contributed by atoms with Gasteiger partial charge in [0.15, 0.2) is 12.2 Å². The van der Waals surface area contributed by atoms with E-state index in [1.54, 1.807) is 24.3 Å². The lowest BCUT2D eigenvalue weighted by atomic mass is 10.0. The third-order valence-corrected chi connectivity index (χ3v) is 7.55. The van der Waals surface area contributed by atoms with E-state index in [4.69, 9.17) is 25.5 Å². The van der Waals surface area contributed by atoms with Crippen LogP contribution in [0.3, 0.4) is 0 Å². The molecule has 286 valence electrons. The molecule has 0 radical (unpaired) electrons. The Hall–Kier alpha value is -5.25. The predicted molar refractivity (Wildman–Crippen MR) is 182 cm³/mol. The SMILES string of the molecule is [C-]#[N+]c1c(CN(C(=O)OC(C)(C)C)C(=O)OC(C)(C)C)cc(NC(=O)[C@H](O)[C@H]2OCCN(c3cccc(N4CCOCC4=O)c3)C2=O)cc1C(F)(F)F. The van der Waals surface area contributed by atoms with Gasteiger partial charge in [-0.05, 0) is 77.4 Å². The molecular weight excluding hydrogens is 707 g/mol. The van der Waals surface area contributed by atoms with Crippen LogP contribution >= 0.6 is 0 Å². The van der Waals surface area contributed by atoms with Gasteiger partial charge in [-0.25, -0.2) is 19.3 Å². The summed E-state index contributed by atoms with van der Waals surface area (Å²) in [6, 6.07) is 7.80. The van der Waals surface area contributed by atoms with Crippen molar-refractivity contribution >= 4 is 52.7 Å². The summed E-state index contributed by atoms with van der Waals surface area (Å²) in [6.45, 7) is 15.9. The number of imide groups is 1. The second kappa shape index (κ2) is 15.8. The lowest BCUT2D eigenvalue weighted by molar-refractivity contribution is -0.150. The molecule has 5 amide bonds. The first kappa shape index (κ1) is 40.5. The van der Waals surface area contributed by atoms with E-state index in [-0.39, 0.29) is 32.2 Å². The number of hydrogen-bond donors (Lipinski definition) is 2. The van der Waals surface area contributed by atoms with E-state index in [1.807, 2.05) is 0 Å². The van der Waals surface area contributed by atoms with Crippen molar-refractivity contribution in [3.8, 4) is 0 Å². The van der Waals surface area contributed by atoms with E-state index in [2.05, 4.69) is 10.2 Å². The first-order valence-electron chi connectivity index (χ1n) is 16.3. The zero-order chi connectivity index (χ0) is 39.5. The summed E-state index contributed by atoms with van der Waals surface area (Å²) in [4.78, 5) is 71.5. The molecule has 0 saturated carbocycles. The van der Waals surface area contributed by atoms with Gasteiger partial charge in [0.1, 0.15) is 17.8 Å². The lowest BCUT2D eigenvalue weighted by Crippen LogP contribution is -2.55. The summed E-state index contributed by atoms with van der Waals surface area (Å²) in [5.41, 5.74) is -5.05. The molecule has 0 spiro atoms. The number of carbonyl (C=O) groups is 5. The Labute approximate surface area is 303 Å². The number of aliphatic hydroxyl groups excluding tert-OH is 1. The Morgan fingerprint density at radius 2 is 1.57 bits per heavy atom. The van der Waals surface area contributed by atoms with Gasteiger partial charge in [-0.15, -0.1) is 0 Å². The smallest absolute Gasteiger partial charge is 0.420 e. The molecule has 2 atom stereocenters. The normalized spacial score (nSPS) is 17.5. The minimum absolute atomic E-state index is 0.0202. The molecule has 2 aliphatic heterocycles. The molecule has 0 unspecified atom stereocenters. The second-order valence-corrected chi connectivity index (χ2v) is 14.0. The predicted octanol–water partition coefficient (Wildman–Crippen LogP) is 5.02. The number of morpholine rings is 2. The lowest BCUT2D eigenvalue weighted by Gasteiger charge is -2.35. The number of carbonyl (C=O) groups excluding carboxylic acids is 5. The second-order valence-electron chi connectivity index (χ2n) is 14.0. The molecule has 0 bridgehead atoms. The number of nitrogens with zero attached hydrogens (tertiary/aromatic N) is 4. The fraction of sp³-hybridized carbons (Fsp3) is 0.486. The zero-order valence-electron chi connectivity index (χ0n) is 29.9. The van der Waals surface area contributed by atoms with Crippen molar-refractivity contribution in [3.63, 3.8) is 0 Å². The number of amides is 5. The van der Waals surface area contributed by atoms with Gasteiger partial charge in [0.05, 0.1) is 31.9 Å². The average Bonchev–Trinajstić information content (AvgIpc) is 3.05. The number of alkyl halides is 3. The van der Waals surface area contributed by atoms with Crippen molar-refractivity contribution in [2.45, 2.75) is 77.7 Å². The molecule has 2 aliphatic rings. The van der Waals surface area contributed by atoms with Crippen LogP contribution in [0.25, 0.3) is 4.85 Å². The van der Waals surface area contributed by atoms with Crippen LogP contribution in [0.4, 0.5) is 45.5 Å². The number of ether oxygens (including phenoxy) is 4. The first-order chi connectivity index (χ1) is 24.6. The molecule has 18 heteroatoms. The number of nitrogens with one attached hydrogen (secondary N) is 1. The Balaban J connectivity index is 1.62. The number of aliphatic hydroxyl groups is 1. The first-order valence-corrected chi connectivity index (χ1v) is 16.3. The Morgan fingerprint density at radius 1 is 0.981 bits per heavy atom. The highest BCUT2D eigenvalue weighted by Gasteiger charge is 2.41. The summed E-state index contributed by atoms with van der Waals surface area (Å²) in [5, 5.41) is 13.1. The molecule has 2 aromatic rings. The molecule has 2 saturated heterocycles. The Morgan fingerprint density at radius 3 is 2.11 bits per heavy atom. The standard InChI is InChI=1S/C35H40F3N5O10/c1-33(2,3)52-31(48)43(32(49)53-34(4,5)6)18-20-15-21(16-24(26(20)39-7)35(36,37)38)40-29(46)27(45)28-30(47)42(12-14-51-28)23-10-8-9-22(17-23)41-11-13-50-19-25(41)44/h8-10,15-17,27-28,45H,11-14,18-19H2,1-6H3,(H,40,46)/t27-,28-/m1/s1. The van der Waals surface area contributed by atoms with Crippen molar-refractivity contribution in [3.05, 3.63) is 58.9 Å². The quantitative estimate of drug-likeness (QED) is 0.367. The molecule has 15 nitrogen and oxygen atoms in total. The molecule has 2 aromatic carbocycles. The summed E-state index contributed by atoms with van der Waals surface area (Å²) >= 11 is 0. The van der Waals surface area contributed by atoms with Crippen molar-refractivity contribution < 1.29 is 61.2 Å². The van der Waals surface area contributed by atoms with Crippen LogP contribution in [0, 0.1) is 6.57 Å². The topological polar surface area (TPSA) is 169 Å². The van der Waals surface area contributed by atoms with Crippen LogP contribution < -0.4 is 15.1 Å². The minimum atomic E-state index is -5.15. The molecular formula is C35H40F3N5O10. The van der Waals surface area contributed by atoms with E-state index in [0.29, 0.717) is 28.9 Å². The number of hydrogen-bond acceptors (Lipinski definition) is 10. The zero-order valence-corrected chi connectivity index (χ0v) is 29.9. The molecule has 2 heterocycles. The number of benzene rings is 2. The number of anilines is 3. The van der Waals surface area contributed by atoms with E-state index in [0.717, 1.165) is 6.07 Å². The van der Waals surface area contributed by atoms with Crippen LogP contribution in [0.5, 0.6) is 0 Å². The van der Waals surface area contributed by atoms with Gasteiger partial charge >= 0.3 is 18.4 Å². The van der Waals surface area contributed by atoms with Crippen molar-refractivity contribution in [2.24, 2.45) is 0 Å². The monoisotopic (exact) mass is 747 g/mol. The third-order valence-electron chi connectivity index (χ3n) is 7.55. The summed E-state index contributed by atoms with van der Waals surface area (Å²) < 4.78 is 64.1. The maximum atomic E-state index is 14.3. The van der Waals surface area contributed by atoms with Crippen LogP contribution in [0.2, 0.25) is 0 Å². The largest absolute Gasteiger partial charge is 0.443 e. The van der Waals surface area contributed by atoms with Crippen LogP contribution in [-0.2, 0) is 46.1 Å². The molecule has 53 heavy (non-hydrogen) atoms. The average molecular weight is 748 g/mol. The van der Waals surface area contributed by atoms with E-state index < -0.39 is 82.6 Å². The van der Waals surface area contributed by atoms with Gasteiger partial charge in [0.25, 0.3) is 17.7 Å². The van der Waals surface area contributed by atoms with Gasteiger partial charge in [-0.3, -0.25) is 14.4 Å². The van der Waals surface area contributed by atoms with Crippen molar-refractivity contribution in [2.75, 3.05) is 48.0 Å². The highest BCUT2D eigenvalue weighted by molar-refractivity contribution is 6.04. The fourth-order valence-corrected chi connectivity index (χ4v) is 5.31. The summed E-state index contributed by atoms with van der Waals surface area (Å²) in [5.74, 6) is -2.45. The molecule has 2 fully saturated rings. The Kier molecular flexibility index (Phi) is 12.1.